The molecular weight excluding hydrogens is 382 g/mol. The summed E-state index contributed by atoms with van der Waals surface area (Å²) < 4.78 is 5.92. The van der Waals surface area contributed by atoms with Crippen molar-refractivity contribution in [2.45, 2.75) is 84.0 Å². The highest BCUT2D eigenvalue weighted by Crippen LogP contribution is 2.41. The van der Waals surface area contributed by atoms with Gasteiger partial charge in [-0.25, -0.2) is 0 Å². The van der Waals surface area contributed by atoms with E-state index in [0.29, 0.717) is 17.2 Å². The fourth-order valence-electron chi connectivity index (χ4n) is 4.67. The molecule has 0 heterocycles. The monoisotopic (exact) mass is 417 g/mol. The Morgan fingerprint density at radius 1 is 1.06 bits per heavy atom. The van der Waals surface area contributed by atoms with E-state index in [-0.39, 0.29) is 5.97 Å². The molecule has 0 aliphatic heterocycles. The largest absolute Gasteiger partial charge is 0.424 e. The van der Waals surface area contributed by atoms with Crippen LogP contribution in [0.4, 0.5) is 0 Å². The molecule has 1 aliphatic rings. The number of esters is 1. The summed E-state index contributed by atoms with van der Waals surface area (Å²) in [6.45, 7) is 6.60. The normalized spacial score (nSPS) is 16.3. The second-order valence-electron chi connectivity index (χ2n) is 9.14. The van der Waals surface area contributed by atoms with Crippen LogP contribution in [-0.2, 0) is 23.1 Å². The van der Waals surface area contributed by atoms with Crippen molar-refractivity contribution in [1.82, 2.24) is 0 Å². The summed E-state index contributed by atoms with van der Waals surface area (Å²) >= 11 is 0. The molecule has 1 fully saturated rings. The van der Waals surface area contributed by atoms with E-state index in [2.05, 4.69) is 51.1 Å². The van der Waals surface area contributed by atoms with Crippen molar-refractivity contribution < 1.29 is 9.53 Å². The molecule has 2 aromatic carbocycles. The van der Waals surface area contributed by atoms with Crippen LogP contribution in [0.2, 0.25) is 0 Å². The number of carbonyl (C=O) groups is 1. The molecule has 0 amide bonds. The Kier molecular flexibility index (Phi) is 7.91. The first-order valence-electron chi connectivity index (χ1n) is 11.9. The summed E-state index contributed by atoms with van der Waals surface area (Å²) in [4.78, 5) is 13.5. The molecule has 0 spiro atoms. The Bertz CT molecular complexity index is 917. The smallest absolute Gasteiger partial charge is 0.321 e. The summed E-state index contributed by atoms with van der Waals surface area (Å²) in [6.07, 6.45) is 8.93. The molecule has 1 aliphatic carbocycles. The van der Waals surface area contributed by atoms with Gasteiger partial charge >= 0.3 is 5.97 Å². The van der Waals surface area contributed by atoms with Crippen LogP contribution in [0.15, 0.2) is 42.5 Å². The molecule has 1 saturated carbocycles. The second kappa shape index (κ2) is 10.6. The molecule has 0 radical (unpaired) electrons. The van der Waals surface area contributed by atoms with Gasteiger partial charge in [-0.15, -0.1) is 0 Å². The number of nitrogens with zero attached hydrogens (tertiary/aromatic N) is 1. The highest BCUT2D eigenvalue weighted by molar-refractivity contribution is 5.85. The maximum atomic E-state index is 13.5. The molecule has 3 heteroatoms. The van der Waals surface area contributed by atoms with E-state index in [4.69, 9.17) is 4.74 Å². The lowest BCUT2D eigenvalue weighted by Crippen LogP contribution is -2.41. The maximum absolute atomic E-state index is 13.5. The van der Waals surface area contributed by atoms with Gasteiger partial charge in [-0.3, -0.25) is 4.79 Å². The Labute approximate surface area is 187 Å². The molecule has 3 rings (SSSR count). The lowest BCUT2D eigenvalue weighted by atomic mass is 9.69. The van der Waals surface area contributed by atoms with Gasteiger partial charge in [0.1, 0.15) is 11.8 Å². The van der Waals surface area contributed by atoms with Crippen LogP contribution in [0.3, 0.4) is 0 Å². The molecule has 164 valence electrons. The summed E-state index contributed by atoms with van der Waals surface area (Å²) in [6, 6.07) is 16.4. The third-order valence-electron chi connectivity index (χ3n) is 6.79. The van der Waals surface area contributed by atoms with E-state index in [1.807, 2.05) is 12.1 Å². The van der Waals surface area contributed by atoms with Gasteiger partial charge in [0.2, 0.25) is 0 Å². The number of hydrogen-bond donors (Lipinski definition) is 0. The van der Waals surface area contributed by atoms with Crippen molar-refractivity contribution in [2.75, 3.05) is 0 Å². The van der Waals surface area contributed by atoms with E-state index in [9.17, 15) is 10.1 Å². The van der Waals surface area contributed by atoms with Crippen LogP contribution in [0.5, 0.6) is 5.75 Å². The molecule has 1 unspecified atom stereocenters. The number of benzene rings is 2. The zero-order chi connectivity index (χ0) is 22.3. The van der Waals surface area contributed by atoms with E-state index in [1.54, 1.807) is 6.07 Å². The van der Waals surface area contributed by atoms with Crippen LogP contribution in [0, 0.1) is 17.2 Å². The van der Waals surface area contributed by atoms with Gasteiger partial charge < -0.3 is 4.74 Å². The van der Waals surface area contributed by atoms with Crippen LogP contribution >= 0.6 is 0 Å². The van der Waals surface area contributed by atoms with Crippen molar-refractivity contribution in [2.24, 2.45) is 5.92 Å². The third-order valence-corrected chi connectivity index (χ3v) is 6.79. The summed E-state index contributed by atoms with van der Waals surface area (Å²) in [5, 5.41) is 9.60. The minimum absolute atomic E-state index is 0.221. The van der Waals surface area contributed by atoms with Crippen molar-refractivity contribution in [3.8, 4) is 11.8 Å². The molecule has 0 N–H and O–H groups in total. The van der Waals surface area contributed by atoms with Gasteiger partial charge in [0.25, 0.3) is 0 Å². The standard InChI is InChI=1S/C28H35NO2/c1-4-9-22-12-15-26(24(19-22)20-29)31-27(30)28(16-7-6-8-17-28)25-13-10-23(11-14-25)18-21(3)5-2/h10-15,19,21H,4-9,16-18H2,1-3H3. The summed E-state index contributed by atoms with van der Waals surface area (Å²) in [7, 11) is 0. The van der Waals surface area contributed by atoms with Gasteiger partial charge in [-0.05, 0) is 60.4 Å². The topological polar surface area (TPSA) is 50.1 Å². The zero-order valence-electron chi connectivity index (χ0n) is 19.2. The highest BCUT2D eigenvalue weighted by Gasteiger charge is 2.43. The number of carbonyl (C=O) groups excluding carboxylic acids is 1. The SMILES string of the molecule is CCCc1ccc(OC(=O)C2(c3ccc(CC(C)CC)cc3)CCCCC2)c(C#N)c1. The molecule has 1 atom stereocenters. The Hall–Kier alpha value is -2.60. The first kappa shape index (κ1) is 23.1. The van der Waals surface area contributed by atoms with Gasteiger partial charge in [-0.2, -0.15) is 5.26 Å². The first-order valence-corrected chi connectivity index (χ1v) is 11.9. The number of rotatable bonds is 8. The van der Waals surface area contributed by atoms with Crippen molar-refractivity contribution in [3.63, 3.8) is 0 Å². The molecule has 3 nitrogen and oxygen atoms in total. The Morgan fingerprint density at radius 2 is 1.74 bits per heavy atom. The predicted molar refractivity (Wildman–Crippen MR) is 125 cm³/mol. The molecular formula is C28H35NO2. The van der Waals surface area contributed by atoms with E-state index >= 15 is 0 Å². The lowest BCUT2D eigenvalue weighted by Gasteiger charge is -2.35. The average molecular weight is 418 g/mol. The molecule has 31 heavy (non-hydrogen) atoms. The van der Waals surface area contributed by atoms with Crippen LogP contribution < -0.4 is 4.74 Å². The minimum Gasteiger partial charge on any atom is -0.424 e. The van der Waals surface area contributed by atoms with Crippen molar-refractivity contribution >= 4 is 5.97 Å². The van der Waals surface area contributed by atoms with E-state index in [0.717, 1.165) is 68.9 Å². The number of nitriles is 1. The summed E-state index contributed by atoms with van der Waals surface area (Å²) in [5.74, 6) is 0.812. The Morgan fingerprint density at radius 3 is 2.35 bits per heavy atom. The highest BCUT2D eigenvalue weighted by atomic mass is 16.5. The second-order valence-corrected chi connectivity index (χ2v) is 9.14. The first-order chi connectivity index (χ1) is 15.0. The molecule has 2 aromatic rings. The predicted octanol–water partition coefficient (Wildman–Crippen LogP) is 6.91. The van der Waals surface area contributed by atoms with Crippen molar-refractivity contribution in [3.05, 3.63) is 64.7 Å². The van der Waals surface area contributed by atoms with E-state index in [1.165, 1.54) is 5.56 Å². The van der Waals surface area contributed by atoms with Gasteiger partial charge in [0, 0.05) is 0 Å². The molecule has 0 saturated heterocycles. The Balaban J connectivity index is 1.87. The zero-order valence-corrected chi connectivity index (χ0v) is 19.2. The molecule has 0 bridgehead atoms. The van der Waals surface area contributed by atoms with Crippen LogP contribution in [0.1, 0.15) is 88.0 Å². The average Bonchev–Trinajstić information content (AvgIpc) is 2.81. The maximum Gasteiger partial charge on any atom is 0.321 e. The molecule has 0 aromatic heterocycles. The number of aryl methyl sites for hydroxylation is 1. The lowest BCUT2D eigenvalue weighted by molar-refractivity contribution is -0.142. The minimum atomic E-state index is -0.623. The number of hydrogen-bond acceptors (Lipinski definition) is 3. The fourth-order valence-corrected chi connectivity index (χ4v) is 4.67. The third kappa shape index (κ3) is 5.37. The van der Waals surface area contributed by atoms with Crippen molar-refractivity contribution in [1.29, 1.82) is 5.26 Å². The number of ether oxygens (including phenoxy) is 1. The van der Waals surface area contributed by atoms with Crippen LogP contribution in [-0.4, -0.2) is 5.97 Å². The quantitative estimate of drug-likeness (QED) is 0.346. The summed E-state index contributed by atoms with van der Waals surface area (Å²) in [5.41, 5.74) is 3.28. The van der Waals surface area contributed by atoms with Gasteiger partial charge in [0.15, 0.2) is 0 Å². The fraction of sp³-hybridized carbons (Fsp3) is 0.500. The van der Waals surface area contributed by atoms with Crippen LogP contribution in [0.25, 0.3) is 0 Å². The van der Waals surface area contributed by atoms with E-state index < -0.39 is 5.41 Å². The van der Waals surface area contributed by atoms with Gasteiger partial charge in [0.05, 0.1) is 11.0 Å². The van der Waals surface area contributed by atoms with Gasteiger partial charge in [-0.1, -0.05) is 83.2 Å².